The number of amides is 3. The van der Waals surface area contributed by atoms with Gasteiger partial charge in [-0.05, 0) is 52.9 Å². The number of nitrogens with one attached hydrogen (secondary N) is 2. The lowest BCUT2D eigenvalue weighted by Crippen LogP contribution is -2.47. The van der Waals surface area contributed by atoms with Gasteiger partial charge in [-0.15, -0.1) is 13.2 Å². The standard InChI is InChI=1S/C18H23BrF3N3O4/c1-11(2)10-28-17(27)25-7-5-12(6-8-25)23-16(26)24-15-4-3-13(9-14(15)19)29-18(20,21)22/h3-4,9,11-12H,5-8,10H2,1-2H3,(H2,23,24,26). The molecule has 29 heavy (non-hydrogen) atoms. The number of halogens is 4. The number of rotatable bonds is 5. The Labute approximate surface area is 175 Å². The lowest BCUT2D eigenvalue weighted by Gasteiger charge is -2.31. The molecule has 0 spiro atoms. The van der Waals surface area contributed by atoms with Gasteiger partial charge in [0.15, 0.2) is 0 Å². The second-order valence-electron chi connectivity index (χ2n) is 7.02. The van der Waals surface area contributed by atoms with Crippen LogP contribution in [0.3, 0.4) is 0 Å². The van der Waals surface area contributed by atoms with Gasteiger partial charge in [0.05, 0.1) is 12.3 Å². The minimum Gasteiger partial charge on any atom is -0.449 e. The Kier molecular flexibility index (Phi) is 8.00. The van der Waals surface area contributed by atoms with Gasteiger partial charge >= 0.3 is 18.5 Å². The van der Waals surface area contributed by atoms with Gasteiger partial charge in [-0.2, -0.15) is 0 Å². The highest BCUT2D eigenvalue weighted by molar-refractivity contribution is 9.10. The smallest absolute Gasteiger partial charge is 0.449 e. The van der Waals surface area contributed by atoms with Gasteiger partial charge < -0.3 is 25.0 Å². The molecular weight excluding hydrogens is 459 g/mol. The highest BCUT2D eigenvalue weighted by Crippen LogP contribution is 2.30. The summed E-state index contributed by atoms with van der Waals surface area (Å²) in [4.78, 5) is 25.7. The quantitative estimate of drug-likeness (QED) is 0.637. The van der Waals surface area contributed by atoms with E-state index in [1.54, 1.807) is 4.90 Å². The molecule has 1 saturated heterocycles. The highest BCUT2D eigenvalue weighted by Gasteiger charge is 2.31. The number of anilines is 1. The third kappa shape index (κ3) is 8.00. The van der Waals surface area contributed by atoms with Crippen LogP contribution in [0.25, 0.3) is 0 Å². The molecule has 1 aromatic rings. The van der Waals surface area contributed by atoms with E-state index in [0.717, 1.165) is 12.1 Å². The highest BCUT2D eigenvalue weighted by atomic mass is 79.9. The second-order valence-corrected chi connectivity index (χ2v) is 7.87. The molecule has 162 valence electrons. The Morgan fingerprint density at radius 3 is 2.48 bits per heavy atom. The van der Waals surface area contributed by atoms with Crippen molar-refractivity contribution in [1.29, 1.82) is 0 Å². The van der Waals surface area contributed by atoms with E-state index in [4.69, 9.17) is 4.74 Å². The van der Waals surface area contributed by atoms with E-state index in [1.807, 2.05) is 13.8 Å². The number of carbonyl (C=O) groups is 2. The van der Waals surface area contributed by atoms with Crippen molar-refractivity contribution >= 4 is 33.7 Å². The normalized spacial score (nSPS) is 15.2. The van der Waals surface area contributed by atoms with Crippen molar-refractivity contribution in [3.05, 3.63) is 22.7 Å². The largest absolute Gasteiger partial charge is 0.573 e. The molecular formula is C18H23BrF3N3O4. The molecule has 3 amide bonds. The first-order valence-electron chi connectivity index (χ1n) is 9.08. The zero-order valence-corrected chi connectivity index (χ0v) is 17.6. The summed E-state index contributed by atoms with van der Waals surface area (Å²) in [6.45, 7) is 5.21. The topological polar surface area (TPSA) is 79.9 Å². The predicted octanol–water partition coefficient (Wildman–Crippen LogP) is 4.73. The van der Waals surface area contributed by atoms with Crippen LogP contribution in [0.5, 0.6) is 5.75 Å². The monoisotopic (exact) mass is 481 g/mol. The van der Waals surface area contributed by atoms with Crippen LogP contribution in [0.1, 0.15) is 26.7 Å². The summed E-state index contributed by atoms with van der Waals surface area (Å²) >= 11 is 3.11. The van der Waals surface area contributed by atoms with Gasteiger partial charge in [0.1, 0.15) is 5.75 Å². The molecule has 1 aromatic carbocycles. The molecule has 0 bridgehead atoms. The van der Waals surface area contributed by atoms with Crippen LogP contribution in [-0.4, -0.2) is 49.1 Å². The number of benzene rings is 1. The number of likely N-dealkylation sites (tertiary alicyclic amines) is 1. The van der Waals surface area contributed by atoms with E-state index in [2.05, 4.69) is 31.3 Å². The van der Waals surface area contributed by atoms with E-state index in [9.17, 15) is 22.8 Å². The molecule has 0 aromatic heterocycles. The number of hydrogen-bond donors (Lipinski definition) is 2. The SMILES string of the molecule is CC(C)COC(=O)N1CCC(NC(=O)Nc2ccc(OC(F)(F)F)cc2Br)CC1. The Hall–Kier alpha value is -2.17. The van der Waals surface area contributed by atoms with Crippen molar-refractivity contribution in [1.82, 2.24) is 10.2 Å². The fourth-order valence-electron chi connectivity index (χ4n) is 2.67. The molecule has 1 aliphatic rings. The van der Waals surface area contributed by atoms with Crippen LogP contribution < -0.4 is 15.4 Å². The number of alkyl halides is 3. The lowest BCUT2D eigenvalue weighted by atomic mass is 10.1. The number of carbonyl (C=O) groups excluding carboxylic acids is 2. The Bertz CT molecular complexity index is 723. The summed E-state index contributed by atoms with van der Waals surface area (Å²) in [6, 6.07) is 2.91. The lowest BCUT2D eigenvalue weighted by molar-refractivity contribution is -0.274. The summed E-state index contributed by atoms with van der Waals surface area (Å²) in [5.74, 6) is -0.137. The third-order valence-electron chi connectivity index (χ3n) is 4.05. The van der Waals surface area contributed by atoms with Crippen molar-refractivity contribution in [2.75, 3.05) is 25.0 Å². The predicted molar refractivity (Wildman–Crippen MR) is 104 cm³/mol. The van der Waals surface area contributed by atoms with E-state index < -0.39 is 18.1 Å². The first kappa shape index (κ1) is 23.1. The van der Waals surface area contributed by atoms with Gasteiger partial charge in [0.25, 0.3) is 0 Å². The Morgan fingerprint density at radius 2 is 1.93 bits per heavy atom. The Morgan fingerprint density at radius 1 is 1.28 bits per heavy atom. The van der Waals surface area contributed by atoms with Crippen molar-refractivity contribution in [3.63, 3.8) is 0 Å². The molecule has 1 heterocycles. The van der Waals surface area contributed by atoms with E-state index in [-0.39, 0.29) is 22.5 Å². The van der Waals surface area contributed by atoms with Crippen molar-refractivity contribution < 1.29 is 32.2 Å². The summed E-state index contributed by atoms with van der Waals surface area (Å²) in [5.41, 5.74) is 0.298. The summed E-state index contributed by atoms with van der Waals surface area (Å²) in [6.07, 6.45) is -4.00. The van der Waals surface area contributed by atoms with Crippen LogP contribution in [-0.2, 0) is 4.74 Å². The molecule has 1 aliphatic heterocycles. The average Bonchev–Trinajstić information content (AvgIpc) is 2.61. The number of piperidine rings is 1. The molecule has 2 rings (SSSR count). The molecule has 0 unspecified atom stereocenters. The first-order chi connectivity index (χ1) is 13.5. The van der Waals surface area contributed by atoms with E-state index in [1.165, 1.54) is 6.07 Å². The van der Waals surface area contributed by atoms with Crippen LogP contribution in [0.2, 0.25) is 0 Å². The molecule has 0 radical (unpaired) electrons. The fraction of sp³-hybridized carbons (Fsp3) is 0.556. The number of nitrogens with zero attached hydrogens (tertiary/aromatic N) is 1. The van der Waals surface area contributed by atoms with Crippen molar-refractivity contribution in [2.45, 2.75) is 39.1 Å². The summed E-state index contributed by atoms with van der Waals surface area (Å²) in [5, 5.41) is 5.37. The molecule has 7 nitrogen and oxygen atoms in total. The van der Waals surface area contributed by atoms with Crippen molar-refractivity contribution in [3.8, 4) is 5.75 Å². The van der Waals surface area contributed by atoms with Crippen LogP contribution >= 0.6 is 15.9 Å². The van der Waals surface area contributed by atoms with Gasteiger partial charge in [0.2, 0.25) is 0 Å². The van der Waals surface area contributed by atoms with Crippen LogP contribution in [0.15, 0.2) is 22.7 Å². The zero-order chi connectivity index (χ0) is 21.6. The van der Waals surface area contributed by atoms with Gasteiger partial charge in [-0.3, -0.25) is 0 Å². The molecule has 0 aliphatic carbocycles. The summed E-state index contributed by atoms with van der Waals surface area (Å²) < 4.78 is 46.0. The molecule has 0 atom stereocenters. The summed E-state index contributed by atoms with van der Waals surface area (Å²) in [7, 11) is 0. The second kappa shape index (κ2) is 10.0. The van der Waals surface area contributed by atoms with Crippen molar-refractivity contribution in [2.24, 2.45) is 5.92 Å². The van der Waals surface area contributed by atoms with E-state index >= 15 is 0 Å². The average molecular weight is 482 g/mol. The zero-order valence-electron chi connectivity index (χ0n) is 16.0. The molecule has 1 fully saturated rings. The van der Waals surface area contributed by atoms with Crippen LogP contribution in [0.4, 0.5) is 28.4 Å². The molecule has 11 heteroatoms. The van der Waals surface area contributed by atoms with Crippen LogP contribution in [0, 0.1) is 5.92 Å². The third-order valence-corrected chi connectivity index (χ3v) is 4.71. The first-order valence-corrected chi connectivity index (χ1v) is 9.87. The number of urea groups is 1. The maximum absolute atomic E-state index is 12.3. The maximum Gasteiger partial charge on any atom is 0.573 e. The Balaban J connectivity index is 1.79. The number of hydrogen-bond acceptors (Lipinski definition) is 4. The maximum atomic E-state index is 12.3. The van der Waals surface area contributed by atoms with Gasteiger partial charge in [-0.1, -0.05) is 13.8 Å². The minimum absolute atomic E-state index is 0.129. The molecule has 2 N–H and O–H groups in total. The fourth-order valence-corrected chi connectivity index (χ4v) is 3.13. The molecule has 0 saturated carbocycles. The van der Waals surface area contributed by atoms with Gasteiger partial charge in [-0.25, -0.2) is 9.59 Å². The van der Waals surface area contributed by atoms with E-state index in [0.29, 0.717) is 38.2 Å². The minimum atomic E-state index is -4.79. The van der Waals surface area contributed by atoms with Gasteiger partial charge in [0, 0.05) is 23.6 Å². The number of ether oxygens (including phenoxy) is 2.